The number of hydrogen-bond donors (Lipinski definition) is 1. The first-order chi connectivity index (χ1) is 16.0. The minimum atomic E-state index is -3.89. The second kappa shape index (κ2) is 11.7. The number of hydrogen-bond acceptors (Lipinski definition) is 6. The monoisotopic (exact) mass is 495 g/mol. The maximum absolute atomic E-state index is 13.4. The standard InChI is InChI=1S/C23H30FN3O6S/c1-6-25-23(29)16(2)26(14-17-7-9-18(24)10-8-17)22(28)15-27(34(5,30)31)19-11-12-20(32-3)21(13-19)33-4/h7-13,16H,6,14-15H2,1-5H3,(H,25,29)/t16-/m0/s1. The number of carbonyl (C=O) groups is 2. The van der Waals surface area contributed by atoms with Gasteiger partial charge in [0.2, 0.25) is 21.8 Å². The summed E-state index contributed by atoms with van der Waals surface area (Å²) in [5.41, 5.74) is 0.781. The van der Waals surface area contributed by atoms with E-state index in [0.29, 0.717) is 23.6 Å². The number of rotatable bonds is 11. The molecule has 2 amide bonds. The predicted molar refractivity (Wildman–Crippen MR) is 127 cm³/mol. The average molecular weight is 496 g/mol. The van der Waals surface area contributed by atoms with Gasteiger partial charge in [-0.1, -0.05) is 12.1 Å². The van der Waals surface area contributed by atoms with Gasteiger partial charge in [-0.2, -0.15) is 0 Å². The molecule has 0 aromatic heterocycles. The van der Waals surface area contributed by atoms with Crippen molar-refractivity contribution in [1.82, 2.24) is 10.2 Å². The van der Waals surface area contributed by atoms with E-state index in [2.05, 4.69) is 5.32 Å². The molecule has 9 nitrogen and oxygen atoms in total. The fourth-order valence-corrected chi connectivity index (χ4v) is 4.13. The summed E-state index contributed by atoms with van der Waals surface area (Å²) in [6, 6.07) is 9.08. The molecule has 0 aliphatic carbocycles. The van der Waals surface area contributed by atoms with Crippen LogP contribution in [-0.4, -0.2) is 64.7 Å². The van der Waals surface area contributed by atoms with Crippen LogP contribution in [0, 0.1) is 5.82 Å². The largest absolute Gasteiger partial charge is 0.493 e. The molecule has 0 spiro atoms. The van der Waals surface area contributed by atoms with Crippen molar-refractivity contribution in [3.05, 3.63) is 53.8 Å². The molecule has 11 heteroatoms. The van der Waals surface area contributed by atoms with Crippen molar-refractivity contribution >= 4 is 27.5 Å². The van der Waals surface area contributed by atoms with Crippen LogP contribution in [0.3, 0.4) is 0 Å². The van der Waals surface area contributed by atoms with Crippen LogP contribution in [0.25, 0.3) is 0 Å². The Morgan fingerprint density at radius 1 is 1.06 bits per heavy atom. The highest BCUT2D eigenvalue weighted by atomic mass is 32.2. The molecule has 0 unspecified atom stereocenters. The highest BCUT2D eigenvalue weighted by Crippen LogP contribution is 2.32. The Hall–Kier alpha value is -3.34. The van der Waals surface area contributed by atoms with Crippen LogP contribution in [0.5, 0.6) is 11.5 Å². The van der Waals surface area contributed by atoms with Crippen molar-refractivity contribution in [1.29, 1.82) is 0 Å². The molecule has 0 aliphatic heterocycles. The van der Waals surface area contributed by atoms with Gasteiger partial charge in [0.05, 0.1) is 26.2 Å². The van der Waals surface area contributed by atoms with Gasteiger partial charge >= 0.3 is 0 Å². The lowest BCUT2D eigenvalue weighted by Crippen LogP contribution is -2.51. The van der Waals surface area contributed by atoms with Crippen molar-refractivity contribution in [2.75, 3.05) is 37.9 Å². The van der Waals surface area contributed by atoms with Crippen molar-refractivity contribution in [3.63, 3.8) is 0 Å². The van der Waals surface area contributed by atoms with E-state index in [0.717, 1.165) is 10.6 Å². The van der Waals surface area contributed by atoms with E-state index in [9.17, 15) is 22.4 Å². The van der Waals surface area contributed by atoms with E-state index in [1.54, 1.807) is 13.8 Å². The summed E-state index contributed by atoms with van der Waals surface area (Å²) in [7, 11) is -1.02. The number of ether oxygens (including phenoxy) is 2. The van der Waals surface area contributed by atoms with E-state index >= 15 is 0 Å². The summed E-state index contributed by atoms with van der Waals surface area (Å²) in [6.07, 6.45) is 0.981. The fraction of sp³-hybridized carbons (Fsp3) is 0.391. The quantitative estimate of drug-likeness (QED) is 0.512. The lowest BCUT2D eigenvalue weighted by atomic mass is 10.1. The zero-order valence-electron chi connectivity index (χ0n) is 19.9. The number of sulfonamides is 1. The molecule has 0 fully saturated rings. The Labute approximate surface area is 199 Å². The molecule has 2 aromatic rings. The number of nitrogens with one attached hydrogen (secondary N) is 1. The van der Waals surface area contributed by atoms with Gasteiger partial charge in [0.1, 0.15) is 18.4 Å². The number of carbonyl (C=O) groups excluding carboxylic acids is 2. The molecule has 0 heterocycles. The van der Waals surface area contributed by atoms with Gasteiger partial charge in [-0.15, -0.1) is 0 Å². The minimum Gasteiger partial charge on any atom is -0.493 e. The molecule has 0 aliphatic rings. The van der Waals surface area contributed by atoms with Crippen molar-refractivity contribution in [2.45, 2.75) is 26.4 Å². The number of amides is 2. The van der Waals surface area contributed by atoms with Crippen LogP contribution in [0.4, 0.5) is 10.1 Å². The van der Waals surface area contributed by atoms with Crippen LogP contribution < -0.4 is 19.1 Å². The Morgan fingerprint density at radius 2 is 1.68 bits per heavy atom. The summed E-state index contributed by atoms with van der Waals surface area (Å²) in [5, 5.41) is 2.66. The number of methoxy groups -OCH3 is 2. The van der Waals surface area contributed by atoms with E-state index in [1.165, 1.54) is 61.6 Å². The molecule has 2 aromatic carbocycles. The van der Waals surface area contributed by atoms with Crippen LogP contribution in [0.1, 0.15) is 19.4 Å². The molecule has 0 saturated heterocycles. The van der Waals surface area contributed by atoms with Gasteiger partial charge in [0.15, 0.2) is 11.5 Å². The summed E-state index contributed by atoms with van der Waals surface area (Å²) in [6.45, 7) is 3.09. The Morgan fingerprint density at radius 3 is 2.21 bits per heavy atom. The smallest absolute Gasteiger partial charge is 0.244 e. The van der Waals surface area contributed by atoms with Gasteiger partial charge in [0, 0.05) is 19.2 Å². The highest BCUT2D eigenvalue weighted by Gasteiger charge is 2.30. The molecular weight excluding hydrogens is 465 g/mol. The zero-order valence-corrected chi connectivity index (χ0v) is 20.7. The molecule has 1 N–H and O–H groups in total. The normalized spacial score (nSPS) is 11.9. The summed E-state index contributed by atoms with van der Waals surface area (Å²) >= 11 is 0. The number of halogens is 1. The van der Waals surface area contributed by atoms with E-state index in [1.807, 2.05) is 0 Å². The Bertz CT molecular complexity index is 1110. The first kappa shape index (κ1) is 26.9. The Kier molecular flexibility index (Phi) is 9.25. The predicted octanol–water partition coefficient (Wildman–Crippen LogP) is 2.16. The van der Waals surface area contributed by atoms with Crippen molar-refractivity contribution < 1.29 is 31.9 Å². The second-order valence-electron chi connectivity index (χ2n) is 7.53. The van der Waals surface area contributed by atoms with Crippen LogP contribution in [-0.2, 0) is 26.2 Å². The lowest BCUT2D eigenvalue weighted by molar-refractivity contribution is -0.139. The number of benzene rings is 2. The van der Waals surface area contributed by atoms with Gasteiger partial charge in [-0.25, -0.2) is 12.8 Å². The molecule has 186 valence electrons. The molecule has 2 rings (SSSR count). The van der Waals surface area contributed by atoms with Gasteiger partial charge in [0.25, 0.3) is 0 Å². The van der Waals surface area contributed by atoms with E-state index < -0.39 is 40.2 Å². The lowest BCUT2D eigenvalue weighted by Gasteiger charge is -2.31. The highest BCUT2D eigenvalue weighted by molar-refractivity contribution is 7.92. The molecule has 0 bridgehead atoms. The fourth-order valence-electron chi connectivity index (χ4n) is 3.28. The third-order valence-electron chi connectivity index (χ3n) is 5.12. The molecule has 34 heavy (non-hydrogen) atoms. The summed E-state index contributed by atoms with van der Waals surface area (Å²) < 4.78 is 49.9. The number of anilines is 1. The SMILES string of the molecule is CCNC(=O)[C@H](C)N(Cc1ccc(F)cc1)C(=O)CN(c1ccc(OC)c(OC)c1)S(C)(=O)=O. The van der Waals surface area contributed by atoms with Crippen molar-refractivity contribution in [2.24, 2.45) is 0 Å². The molecule has 0 saturated carbocycles. The zero-order chi connectivity index (χ0) is 25.5. The molecular formula is C23H30FN3O6S. The molecule has 1 atom stereocenters. The number of likely N-dealkylation sites (N-methyl/N-ethyl adjacent to an activating group) is 1. The van der Waals surface area contributed by atoms with Gasteiger partial charge in [-0.05, 0) is 43.7 Å². The maximum Gasteiger partial charge on any atom is 0.244 e. The van der Waals surface area contributed by atoms with Crippen LogP contribution in [0.2, 0.25) is 0 Å². The first-order valence-electron chi connectivity index (χ1n) is 10.5. The Balaban J connectivity index is 2.42. The molecule has 0 radical (unpaired) electrons. The summed E-state index contributed by atoms with van der Waals surface area (Å²) in [4.78, 5) is 27.2. The second-order valence-corrected chi connectivity index (χ2v) is 9.43. The topological polar surface area (TPSA) is 105 Å². The van der Waals surface area contributed by atoms with Gasteiger partial charge in [-0.3, -0.25) is 13.9 Å². The van der Waals surface area contributed by atoms with Crippen LogP contribution in [0.15, 0.2) is 42.5 Å². The third kappa shape index (κ3) is 6.83. The average Bonchev–Trinajstić information content (AvgIpc) is 2.80. The minimum absolute atomic E-state index is 0.0129. The third-order valence-corrected chi connectivity index (χ3v) is 6.26. The van der Waals surface area contributed by atoms with E-state index in [4.69, 9.17) is 9.47 Å². The number of nitrogens with zero attached hydrogens (tertiary/aromatic N) is 2. The van der Waals surface area contributed by atoms with E-state index in [-0.39, 0.29) is 12.2 Å². The van der Waals surface area contributed by atoms with Crippen LogP contribution >= 0.6 is 0 Å². The first-order valence-corrected chi connectivity index (χ1v) is 12.4. The van der Waals surface area contributed by atoms with Crippen molar-refractivity contribution in [3.8, 4) is 11.5 Å². The van der Waals surface area contributed by atoms with Gasteiger partial charge < -0.3 is 19.7 Å². The maximum atomic E-state index is 13.4. The summed E-state index contributed by atoms with van der Waals surface area (Å²) in [5.74, 6) is -0.748.